The average Bonchev–Trinajstić information content (AvgIpc) is 2.40. The molecule has 1 amide bonds. The molecule has 2 aliphatic rings. The van der Waals surface area contributed by atoms with E-state index in [9.17, 15) is 4.79 Å². The maximum absolute atomic E-state index is 11.2. The quantitative estimate of drug-likeness (QED) is 0.763. The van der Waals surface area contributed by atoms with Crippen LogP contribution in [0.3, 0.4) is 0 Å². The van der Waals surface area contributed by atoms with Gasteiger partial charge in [0, 0.05) is 52.2 Å². The monoisotopic (exact) mass is 255 g/mol. The molecule has 0 aromatic rings. The van der Waals surface area contributed by atoms with Gasteiger partial charge in [-0.3, -0.25) is 9.69 Å². The van der Waals surface area contributed by atoms with Crippen LogP contribution in [0.5, 0.6) is 0 Å². The van der Waals surface area contributed by atoms with Gasteiger partial charge in [-0.2, -0.15) is 0 Å². The van der Waals surface area contributed by atoms with E-state index < -0.39 is 0 Å². The summed E-state index contributed by atoms with van der Waals surface area (Å²) >= 11 is 0. The number of carbonyl (C=O) groups excluding carboxylic acids is 1. The van der Waals surface area contributed by atoms with Crippen molar-refractivity contribution in [3.05, 3.63) is 0 Å². The highest BCUT2D eigenvalue weighted by Gasteiger charge is 2.20. The topological polar surface area (TPSA) is 44.8 Å². The van der Waals surface area contributed by atoms with E-state index in [-0.39, 0.29) is 5.91 Å². The summed E-state index contributed by atoms with van der Waals surface area (Å²) < 4.78 is 5.33. The van der Waals surface area contributed by atoms with Gasteiger partial charge in [0.05, 0.1) is 13.2 Å². The molecule has 0 aromatic carbocycles. The first kappa shape index (κ1) is 13.8. The van der Waals surface area contributed by atoms with Crippen LogP contribution in [0.4, 0.5) is 0 Å². The summed E-state index contributed by atoms with van der Waals surface area (Å²) in [6.07, 6.45) is 2.17. The molecule has 0 radical (unpaired) electrons. The number of hydrogen-bond acceptors (Lipinski definition) is 4. The summed E-state index contributed by atoms with van der Waals surface area (Å²) in [6, 6.07) is 0.585. The van der Waals surface area contributed by atoms with Gasteiger partial charge in [0.15, 0.2) is 0 Å². The summed E-state index contributed by atoms with van der Waals surface area (Å²) in [5.41, 5.74) is 0. The number of nitrogens with one attached hydrogen (secondary N) is 1. The second-order valence-corrected chi connectivity index (χ2v) is 5.19. The predicted octanol–water partition coefficient (Wildman–Crippen LogP) is -0.0809. The Bertz CT molecular complexity index is 259. The zero-order valence-corrected chi connectivity index (χ0v) is 11.4. The van der Waals surface area contributed by atoms with Crippen LogP contribution in [0.2, 0.25) is 0 Å². The molecule has 2 fully saturated rings. The SMILES string of the molecule is CC(=O)N1CCC(NCCN2CCOCC2)CC1. The van der Waals surface area contributed by atoms with Crippen molar-refractivity contribution >= 4 is 5.91 Å². The highest BCUT2D eigenvalue weighted by molar-refractivity contribution is 5.73. The molecule has 2 aliphatic heterocycles. The lowest BCUT2D eigenvalue weighted by molar-refractivity contribution is -0.129. The number of carbonyl (C=O) groups is 1. The second-order valence-electron chi connectivity index (χ2n) is 5.19. The van der Waals surface area contributed by atoms with Crippen LogP contribution >= 0.6 is 0 Å². The van der Waals surface area contributed by atoms with E-state index in [1.54, 1.807) is 6.92 Å². The van der Waals surface area contributed by atoms with Gasteiger partial charge in [0.2, 0.25) is 5.91 Å². The van der Waals surface area contributed by atoms with Crippen molar-refractivity contribution in [2.75, 3.05) is 52.5 Å². The molecule has 0 aromatic heterocycles. The Labute approximate surface area is 109 Å². The summed E-state index contributed by atoms with van der Waals surface area (Å²) in [6.45, 7) is 9.49. The number of nitrogens with zero attached hydrogens (tertiary/aromatic N) is 2. The van der Waals surface area contributed by atoms with Gasteiger partial charge in [0.25, 0.3) is 0 Å². The number of hydrogen-bond donors (Lipinski definition) is 1. The van der Waals surface area contributed by atoms with Gasteiger partial charge in [-0.1, -0.05) is 0 Å². The van der Waals surface area contributed by atoms with E-state index in [1.807, 2.05) is 4.90 Å². The summed E-state index contributed by atoms with van der Waals surface area (Å²) in [5.74, 6) is 0.210. The molecule has 1 N–H and O–H groups in total. The molecular formula is C13H25N3O2. The predicted molar refractivity (Wildman–Crippen MR) is 70.5 cm³/mol. The number of amides is 1. The fourth-order valence-corrected chi connectivity index (χ4v) is 2.65. The summed E-state index contributed by atoms with van der Waals surface area (Å²) in [5, 5.41) is 3.61. The van der Waals surface area contributed by atoms with Crippen molar-refractivity contribution in [1.29, 1.82) is 0 Å². The fraction of sp³-hybridized carbons (Fsp3) is 0.923. The van der Waals surface area contributed by atoms with Gasteiger partial charge >= 0.3 is 0 Å². The molecule has 0 unspecified atom stereocenters. The van der Waals surface area contributed by atoms with E-state index in [0.717, 1.165) is 65.3 Å². The van der Waals surface area contributed by atoms with E-state index >= 15 is 0 Å². The standard InChI is InChI=1S/C13H25N3O2/c1-12(17)16-5-2-13(3-6-16)14-4-7-15-8-10-18-11-9-15/h13-14H,2-11H2,1H3. The van der Waals surface area contributed by atoms with Gasteiger partial charge < -0.3 is 15.0 Å². The molecular weight excluding hydrogens is 230 g/mol. The molecule has 0 atom stereocenters. The first-order valence-electron chi connectivity index (χ1n) is 7.04. The Morgan fingerprint density at radius 3 is 2.50 bits per heavy atom. The molecule has 5 nitrogen and oxygen atoms in total. The lowest BCUT2D eigenvalue weighted by Crippen LogP contribution is -2.47. The summed E-state index contributed by atoms with van der Waals surface area (Å²) in [4.78, 5) is 15.6. The van der Waals surface area contributed by atoms with Crippen LogP contribution in [0.1, 0.15) is 19.8 Å². The Balaban J connectivity index is 1.56. The Hall–Kier alpha value is -0.650. The second kappa shape index (κ2) is 7.07. The largest absolute Gasteiger partial charge is 0.379 e. The molecule has 18 heavy (non-hydrogen) atoms. The van der Waals surface area contributed by atoms with Crippen molar-refractivity contribution in [2.45, 2.75) is 25.8 Å². The molecule has 104 valence electrons. The number of rotatable bonds is 4. The maximum atomic E-state index is 11.2. The minimum absolute atomic E-state index is 0.210. The smallest absolute Gasteiger partial charge is 0.219 e. The molecule has 5 heteroatoms. The van der Waals surface area contributed by atoms with Crippen LogP contribution < -0.4 is 5.32 Å². The molecule has 0 saturated carbocycles. The molecule has 2 heterocycles. The average molecular weight is 255 g/mol. The third-order valence-corrected chi connectivity index (χ3v) is 3.91. The number of likely N-dealkylation sites (tertiary alicyclic amines) is 1. The number of piperidine rings is 1. The number of morpholine rings is 1. The normalized spacial score (nSPS) is 23.3. The third-order valence-electron chi connectivity index (χ3n) is 3.91. The van der Waals surface area contributed by atoms with Gasteiger partial charge in [-0.25, -0.2) is 0 Å². The third kappa shape index (κ3) is 4.23. The first-order valence-corrected chi connectivity index (χ1v) is 7.04. The van der Waals surface area contributed by atoms with Crippen molar-refractivity contribution in [1.82, 2.24) is 15.1 Å². The summed E-state index contributed by atoms with van der Waals surface area (Å²) in [7, 11) is 0. The van der Waals surface area contributed by atoms with Gasteiger partial charge in [0.1, 0.15) is 0 Å². The van der Waals surface area contributed by atoms with E-state index in [4.69, 9.17) is 4.74 Å². The zero-order valence-electron chi connectivity index (χ0n) is 11.4. The Morgan fingerprint density at radius 2 is 1.89 bits per heavy atom. The molecule has 0 aliphatic carbocycles. The number of ether oxygens (including phenoxy) is 1. The molecule has 0 bridgehead atoms. The lowest BCUT2D eigenvalue weighted by atomic mass is 10.1. The van der Waals surface area contributed by atoms with Crippen LogP contribution in [0, 0.1) is 0 Å². The highest BCUT2D eigenvalue weighted by Crippen LogP contribution is 2.10. The van der Waals surface area contributed by atoms with Crippen molar-refractivity contribution in [3.8, 4) is 0 Å². The van der Waals surface area contributed by atoms with Crippen molar-refractivity contribution < 1.29 is 9.53 Å². The van der Waals surface area contributed by atoms with Crippen molar-refractivity contribution in [2.24, 2.45) is 0 Å². The fourth-order valence-electron chi connectivity index (χ4n) is 2.65. The zero-order chi connectivity index (χ0) is 12.8. The molecule has 2 saturated heterocycles. The van der Waals surface area contributed by atoms with Crippen LogP contribution in [0.15, 0.2) is 0 Å². The Morgan fingerprint density at radius 1 is 1.22 bits per heavy atom. The minimum atomic E-state index is 0.210. The van der Waals surface area contributed by atoms with E-state index in [0.29, 0.717) is 6.04 Å². The minimum Gasteiger partial charge on any atom is -0.379 e. The highest BCUT2D eigenvalue weighted by atomic mass is 16.5. The van der Waals surface area contributed by atoms with Crippen LogP contribution in [-0.4, -0.2) is 74.2 Å². The Kier molecular flexibility index (Phi) is 5.41. The van der Waals surface area contributed by atoms with Crippen LogP contribution in [0.25, 0.3) is 0 Å². The van der Waals surface area contributed by atoms with Gasteiger partial charge in [-0.05, 0) is 12.8 Å². The maximum Gasteiger partial charge on any atom is 0.219 e. The molecule has 2 rings (SSSR count). The van der Waals surface area contributed by atoms with E-state index in [2.05, 4.69) is 10.2 Å². The van der Waals surface area contributed by atoms with Gasteiger partial charge in [-0.15, -0.1) is 0 Å². The van der Waals surface area contributed by atoms with Crippen molar-refractivity contribution in [3.63, 3.8) is 0 Å². The van der Waals surface area contributed by atoms with E-state index in [1.165, 1.54) is 0 Å². The molecule has 0 spiro atoms. The first-order chi connectivity index (χ1) is 8.75. The van der Waals surface area contributed by atoms with Crippen LogP contribution in [-0.2, 0) is 9.53 Å². The lowest BCUT2D eigenvalue weighted by Gasteiger charge is -2.33.